The van der Waals surface area contributed by atoms with Gasteiger partial charge in [-0.25, -0.2) is 0 Å². The normalized spacial score (nSPS) is 26.6. The van der Waals surface area contributed by atoms with Crippen LogP contribution in [0.15, 0.2) is 47.5 Å². The molecule has 6 heteroatoms. The molecule has 3 fully saturated rings. The fourth-order valence-corrected chi connectivity index (χ4v) is 6.36. The topological polar surface area (TPSA) is 75.8 Å². The smallest absolute Gasteiger partial charge is 0.240 e. The van der Waals surface area contributed by atoms with Gasteiger partial charge in [0.25, 0.3) is 0 Å². The molecule has 3 aliphatic rings. The van der Waals surface area contributed by atoms with E-state index in [4.69, 9.17) is 9.26 Å². The number of nitrogens with zero attached hydrogens (tertiary/aromatic N) is 2. The highest BCUT2D eigenvalue weighted by atomic mass is 16.6. The number of ether oxygens (including phenoxy) is 1. The SMILES string of the molecule is C=CCC(Cc1noc(C2CC(CC(C)(C)C)C2)c1C1CC1)C(=O)N1C(O)OC[C@@H]1Cc1ccccc1. The molecule has 37 heavy (non-hydrogen) atoms. The number of rotatable bonds is 10. The van der Waals surface area contributed by atoms with Crippen molar-refractivity contribution in [1.29, 1.82) is 0 Å². The third kappa shape index (κ3) is 6.01. The summed E-state index contributed by atoms with van der Waals surface area (Å²) in [5.41, 5.74) is 3.65. The second-order valence-corrected chi connectivity index (χ2v) is 12.7. The zero-order valence-electron chi connectivity index (χ0n) is 22.6. The predicted octanol–water partition coefficient (Wildman–Crippen LogP) is 5.96. The molecule has 2 unspecified atom stereocenters. The molecule has 1 amide bonds. The molecule has 2 aromatic rings. The van der Waals surface area contributed by atoms with Crippen molar-refractivity contribution >= 4 is 5.91 Å². The summed E-state index contributed by atoms with van der Waals surface area (Å²) in [4.78, 5) is 15.3. The molecular formula is C31H42N2O4. The Balaban J connectivity index is 1.31. The van der Waals surface area contributed by atoms with E-state index in [9.17, 15) is 9.90 Å². The molecule has 1 aromatic heterocycles. The van der Waals surface area contributed by atoms with Gasteiger partial charge in [0.05, 0.1) is 18.3 Å². The quantitative estimate of drug-likeness (QED) is 0.402. The number of carbonyl (C=O) groups excluding carboxylic acids is 1. The van der Waals surface area contributed by atoms with Crippen molar-refractivity contribution in [2.24, 2.45) is 17.3 Å². The molecule has 0 bridgehead atoms. The fourth-order valence-electron chi connectivity index (χ4n) is 6.36. The number of aliphatic hydroxyl groups is 1. The van der Waals surface area contributed by atoms with Crippen LogP contribution in [0.3, 0.4) is 0 Å². The molecule has 2 saturated carbocycles. The van der Waals surface area contributed by atoms with Crippen molar-refractivity contribution in [3.63, 3.8) is 0 Å². The van der Waals surface area contributed by atoms with Crippen LogP contribution in [0.5, 0.6) is 0 Å². The molecule has 2 aliphatic carbocycles. The lowest BCUT2D eigenvalue weighted by Gasteiger charge is -2.38. The van der Waals surface area contributed by atoms with Crippen LogP contribution in [-0.4, -0.2) is 40.1 Å². The van der Waals surface area contributed by atoms with E-state index in [2.05, 4.69) is 32.5 Å². The highest BCUT2D eigenvalue weighted by molar-refractivity contribution is 5.80. The number of aromatic nitrogens is 1. The minimum absolute atomic E-state index is 0.106. The Morgan fingerprint density at radius 3 is 2.59 bits per heavy atom. The van der Waals surface area contributed by atoms with Gasteiger partial charge in [-0.1, -0.05) is 62.3 Å². The lowest BCUT2D eigenvalue weighted by molar-refractivity contribution is -0.168. The largest absolute Gasteiger partial charge is 0.361 e. The number of hydrogen-bond donors (Lipinski definition) is 1. The van der Waals surface area contributed by atoms with Crippen molar-refractivity contribution in [2.45, 2.75) is 96.4 Å². The molecule has 1 aliphatic heterocycles. The first-order valence-corrected chi connectivity index (χ1v) is 14.0. The second-order valence-electron chi connectivity index (χ2n) is 12.7. The van der Waals surface area contributed by atoms with E-state index in [1.807, 2.05) is 30.3 Å². The van der Waals surface area contributed by atoms with Gasteiger partial charge in [0.15, 0.2) is 0 Å². The summed E-state index contributed by atoms with van der Waals surface area (Å²) in [6, 6.07) is 9.83. The van der Waals surface area contributed by atoms with E-state index >= 15 is 0 Å². The van der Waals surface area contributed by atoms with Crippen LogP contribution >= 0.6 is 0 Å². The van der Waals surface area contributed by atoms with E-state index < -0.39 is 6.41 Å². The molecule has 200 valence electrons. The van der Waals surface area contributed by atoms with Crippen LogP contribution in [0.25, 0.3) is 0 Å². The Morgan fingerprint density at radius 1 is 1.22 bits per heavy atom. The lowest BCUT2D eigenvalue weighted by atomic mass is 9.67. The summed E-state index contributed by atoms with van der Waals surface area (Å²) in [5.74, 6) is 2.30. The van der Waals surface area contributed by atoms with E-state index in [1.54, 1.807) is 6.08 Å². The predicted molar refractivity (Wildman–Crippen MR) is 143 cm³/mol. The zero-order chi connectivity index (χ0) is 26.2. The number of hydrogen-bond acceptors (Lipinski definition) is 5. The number of allylic oxidation sites excluding steroid dienone is 1. The molecule has 3 atom stereocenters. The summed E-state index contributed by atoms with van der Waals surface area (Å²) in [6.07, 6.45) is 8.13. The molecule has 6 nitrogen and oxygen atoms in total. The minimum atomic E-state index is -1.22. The standard InChI is InChI=1S/C31H42N2O4/c1-5-9-23(29(34)33-25(19-36-30(33)35)16-20-10-7-6-8-11-20)17-26-27(22-12-13-22)28(37-32-26)24-14-21(15-24)18-31(2,3)4/h5-8,10-11,21-25,30,35H,1,9,12-19H2,2-4H3/t21?,23?,24?,25-,30?/m0/s1. The molecule has 2 heterocycles. The van der Waals surface area contributed by atoms with Crippen molar-refractivity contribution in [3.05, 3.63) is 65.6 Å². The van der Waals surface area contributed by atoms with Crippen molar-refractivity contribution in [1.82, 2.24) is 10.1 Å². The summed E-state index contributed by atoms with van der Waals surface area (Å²) >= 11 is 0. The van der Waals surface area contributed by atoms with E-state index in [0.29, 0.717) is 43.1 Å². The third-order valence-corrected chi connectivity index (χ3v) is 8.20. The highest BCUT2D eigenvalue weighted by Gasteiger charge is 2.43. The van der Waals surface area contributed by atoms with Gasteiger partial charge in [0.2, 0.25) is 12.3 Å². The van der Waals surface area contributed by atoms with E-state index in [1.165, 1.54) is 29.7 Å². The number of aliphatic hydroxyl groups excluding tert-OH is 1. The second kappa shape index (κ2) is 10.7. The van der Waals surface area contributed by atoms with Crippen LogP contribution in [0.4, 0.5) is 0 Å². The zero-order valence-corrected chi connectivity index (χ0v) is 22.6. The summed E-state index contributed by atoms with van der Waals surface area (Å²) < 4.78 is 11.5. The van der Waals surface area contributed by atoms with Crippen LogP contribution < -0.4 is 0 Å². The first-order chi connectivity index (χ1) is 17.7. The molecule has 0 spiro atoms. The van der Waals surface area contributed by atoms with Crippen molar-refractivity contribution < 1.29 is 19.2 Å². The third-order valence-electron chi connectivity index (χ3n) is 8.20. The van der Waals surface area contributed by atoms with Gasteiger partial charge in [-0.15, -0.1) is 6.58 Å². The van der Waals surface area contributed by atoms with Gasteiger partial charge in [-0.05, 0) is 67.8 Å². The Morgan fingerprint density at radius 2 is 1.95 bits per heavy atom. The maximum atomic E-state index is 13.8. The average Bonchev–Trinajstić information content (AvgIpc) is 3.49. The van der Waals surface area contributed by atoms with Crippen molar-refractivity contribution in [2.75, 3.05) is 6.61 Å². The van der Waals surface area contributed by atoms with Gasteiger partial charge in [-0.3, -0.25) is 9.69 Å². The number of amides is 1. The molecule has 1 aromatic carbocycles. The average molecular weight is 507 g/mol. The van der Waals surface area contributed by atoms with E-state index in [0.717, 1.165) is 35.8 Å². The van der Waals surface area contributed by atoms with Gasteiger partial charge in [-0.2, -0.15) is 0 Å². The van der Waals surface area contributed by atoms with Crippen LogP contribution in [-0.2, 0) is 22.4 Å². The maximum Gasteiger partial charge on any atom is 0.240 e. The van der Waals surface area contributed by atoms with Gasteiger partial charge in [0.1, 0.15) is 5.76 Å². The van der Waals surface area contributed by atoms with Crippen LogP contribution in [0.1, 0.15) is 93.7 Å². The Hall–Kier alpha value is -2.44. The van der Waals surface area contributed by atoms with Gasteiger partial charge < -0.3 is 14.4 Å². The number of benzene rings is 1. The van der Waals surface area contributed by atoms with Gasteiger partial charge in [0, 0.05) is 23.8 Å². The molecule has 1 N–H and O–H groups in total. The molecule has 0 radical (unpaired) electrons. The van der Waals surface area contributed by atoms with Crippen LogP contribution in [0.2, 0.25) is 0 Å². The maximum absolute atomic E-state index is 13.8. The first-order valence-electron chi connectivity index (χ1n) is 14.0. The van der Waals surface area contributed by atoms with Gasteiger partial charge >= 0.3 is 0 Å². The Labute approximate surface area is 221 Å². The summed E-state index contributed by atoms with van der Waals surface area (Å²) in [5, 5.41) is 15.1. The Bertz CT molecular complexity index is 1080. The fraction of sp³-hybridized carbons (Fsp3) is 0.613. The summed E-state index contributed by atoms with van der Waals surface area (Å²) in [7, 11) is 0. The monoisotopic (exact) mass is 506 g/mol. The van der Waals surface area contributed by atoms with Crippen molar-refractivity contribution in [3.8, 4) is 0 Å². The first kappa shape index (κ1) is 26.2. The number of carbonyl (C=O) groups is 1. The summed E-state index contributed by atoms with van der Waals surface area (Å²) in [6.45, 7) is 11.2. The minimum Gasteiger partial charge on any atom is -0.361 e. The highest BCUT2D eigenvalue weighted by Crippen LogP contribution is 2.52. The molecule has 1 saturated heterocycles. The Kier molecular flexibility index (Phi) is 7.60. The lowest BCUT2D eigenvalue weighted by Crippen LogP contribution is -2.46. The van der Waals surface area contributed by atoms with Crippen LogP contribution in [0, 0.1) is 17.3 Å². The van der Waals surface area contributed by atoms with E-state index in [-0.39, 0.29) is 17.9 Å². The molecule has 5 rings (SSSR count). The molecular weight excluding hydrogens is 464 g/mol.